The Kier molecular flexibility index (Phi) is 12.2. The fourth-order valence-electron chi connectivity index (χ4n) is 3.29. The average Bonchev–Trinajstić information content (AvgIpc) is 2.99. The van der Waals surface area contributed by atoms with Crippen molar-refractivity contribution in [3.05, 3.63) is 58.4 Å². The van der Waals surface area contributed by atoms with Crippen LogP contribution in [0.1, 0.15) is 22.8 Å². The molecule has 0 heterocycles. The second kappa shape index (κ2) is 15.2. The lowest BCUT2D eigenvalue weighted by Gasteiger charge is -2.25. The maximum absolute atomic E-state index is 13.9. The number of carbonyl (C=O) groups excluding carboxylic acids is 1. The Hall–Kier alpha value is -2.67. The summed E-state index contributed by atoms with van der Waals surface area (Å²) in [6.45, 7) is 0.518. The summed E-state index contributed by atoms with van der Waals surface area (Å²) in [5.74, 6) is -2.06. The highest BCUT2D eigenvalue weighted by Gasteiger charge is 2.35. The number of nitrogens with zero attached hydrogens (tertiary/aromatic N) is 2. The third-order valence-electron chi connectivity index (χ3n) is 5.23. The number of hydrogen-bond acceptors (Lipinski definition) is 10. The highest BCUT2D eigenvalue weighted by atomic mass is 35.5. The summed E-state index contributed by atoms with van der Waals surface area (Å²) in [5.41, 5.74) is -2.73. The number of hydrogen-bond donors (Lipinski definition) is 1. The van der Waals surface area contributed by atoms with Crippen molar-refractivity contribution in [3.8, 4) is 29.4 Å². The van der Waals surface area contributed by atoms with E-state index in [0.29, 0.717) is 0 Å². The normalized spacial score (nSPS) is 12.1. The smallest absolute Gasteiger partial charge is 0.255 e. The quantitative estimate of drug-likeness (QED) is 0.184. The van der Waals surface area contributed by atoms with E-state index in [4.69, 9.17) is 21.1 Å². The molecule has 0 aliphatic heterocycles. The zero-order valence-corrected chi connectivity index (χ0v) is 25.3. The molecule has 3 rings (SSSR count). The molecule has 0 bridgehead atoms. The summed E-state index contributed by atoms with van der Waals surface area (Å²) in [6, 6.07) is 10.9. The summed E-state index contributed by atoms with van der Waals surface area (Å²) in [4.78, 5) is 9.18. The summed E-state index contributed by atoms with van der Waals surface area (Å²) >= 11 is 2.57. The number of halogens is 7. The standard InChI is InChI=1S/C24H12ClF6N3O3S5/c1-24(9-33,34-23(35)17-18(38-27)20(40-29)22(42-31)21(41-30)19(17)39-28)10-36-16-6-11(8-32)2-4-15(16)37-14-5-3-12(26)7-13(14)25/h2-7H,10H2,1H3,(H,34,35). The minimum Gasteiger partial charge on any atom is -0.486 e. The Bertz CT molecular complexity index is 1560. The van der Waals surface area contributed by atoms with Gasteiger partial charge in [0.05, 0.1) is 114 Å². The number of nitrogens with one attached hydrogen (secondary N) is 1. The van der Waals surface area contributed by atoms with E-state index in [-0.39, 0.29) is 27.8 Å². The largest absolute Gasteiger partial charge is 0.486 e. The molecule has 1 N–H and O–H groups in total. The number of ether oxygens (including phenoxy) is 2. The Balaban J connectivity index is 1.97. The Morgan fingerprint density at radius 3 is 1.93 bits per heavy atom. The minimum atomic E-state index is -1.96. The lowest BCUT2D eigenvalue weighted by molar-refractivity contribution is 0.0892. The molecule has 0 saturated heterocycles. The van der Waals surface area contributed by atoms with Crippen LogP contribution in [0.2, 0.25) is 5.02 Å². The summed E-state index contributed by atoms with van der Waals surface area (Å²) in [7, 11) is 0. The van der Waals surface area contributed by atoms with Gasteiger partial charge >= 0.3 is 0 Å². The molecule has 18 heteroatoms. The van der Waals surface area contributed by atoms with Crippen molar-refractivity contribution in [2.75, 3.05) is 6.61 Å². The van der Waals surface area contributed by atoms with Crippen molar-refractivity contribution in [3.63, 3.8) is 0 Å². The van der Waals surface area contributed by atoms with Gasteiger partial charge in [-0.05, 0) is 37.3 Å². The van der Waals surface area contributed by atoms with Crippen molar-refractivity contribution in [1.82, 2.24) is 5.32 Å². The molecular weight excluding hydrogens is 688 g/mol. The number of amides is 1. The fraction of sp³-hybridized carbons (Fsp3) is 0.125. The molecular formula is C24H12ClF6N3O3S5. The van der Waals surface area contributed by atoms with Crippen LogP contribution in [0, 0.1) is 28.5 Å². The second-order valence-corrected chi connectivity index (χ2v) is 11.3. The predicted molar refractivity (Wildman–Crippen MR) is 151 cm³/mol. The number of carbonyl (C=O) groups is 1. The minimum absolute atomic E-state index is 0.0186. The van der Waals surface area contributed by atoms with Crippen molar-refractivity contribution < 1.29 is 38.1 Å². The third kappa shape index (κ3) is 7.45. The van der Waals surface area contributed by atoms with Gasteiger partial charge in [-0.15, -0.1) is 0 Å². The molecule has 0 fully saturated rings. The van der Waals surface area contributed by atoms with Crippen molar-refractivity contribution >= 4 is 78.2 Å². The molecule has 0 spiro atoms. The van der Waals surface area contributed by atoms with Gasteiger partial charge in [0.1, 0.15) is 18.2 Å². The molecule has 42 heavy (non-hydrogen) atoms. The van der Waals surface area contributed by atoms with E-state index in [9.17, 15) is 39.1 Å². The van der Waals surface area contributed by atoms with Crippen LogP contribution in [0.25, 0.3) is 0 Å². The van der Waals surface area contributed by atoms with Crippen molar-refractivity contribution in [2.24, 2.45) is 0 Å². The molecule has 1 atom stereocenters. The van der Waals surface area contributed by atoms with Crippen molar-refractivity contribution in [2.45, 2.75) is 36.9 Å². The first kappa shape index (κ1) is 33.8. The molecule has 0 saturated carbocycles. The van der Waals surface area contributed by atoms with Gasteiger partial charge in [0.15, 0.2) is 17.0 Å². The molecule has 3 aromatic carbocycles. The molecule has 0 aliphatic rings. The van der Waals surface area contributed by atoms with Gasteiger partial charge in [-0.3, -0.25) is 4.79 Å². The molecule has 0 radical (unpaired) electrons. The van der Waals surface area contributed by atoms with Crippen LogP contribution in [-0.4, -0.2) is 18.1 Å². The first-order chi connectivity index (χ1) is 20.1. The molecule has 1 unspecified atom stereocenters. The van der Waals surface area contributed by atoms with Gasteiger partial charge in [-0.25, -0.2) is 4.39 Å². The lowest BCUT2D eigenvalue weighted by atomic mass is 10.0. The van der Waals surface area contributed by atoms with Crippen LogP contribution < -0.4 is 14.8 Å². The Morgan fingerprint density at radius 1 is 0.881 bits per heavy atom. The summed E-state index contributed by atoms with van der Waals surface area (Å²) in [6.07, 6.45) is 0. The van der Waals surface area contributed by atoms with Crippen LogP contribution in [0.4, 0.5) is 23.8 Å². The number of rotatable bonds is 12. The van der Waals surface area contributed by atoms with Crippen LogP contribution in [-0.2, 0) is 0 Å². The van der Waals surface area contributed by atoms with Gasteiger partial charge in [0.2, 0.25) is 0 Å². The summed E-state index contributed by atoms with van der Waals surface area (Å²) < 4.78 is 93.5. The second-order valence-electron chi connectivity index (χ2n) is 8.04. The number of nitriles is 2. The number of benzene rings is 3. The highest BCUT2D eigenvalue weighted by molar-refractivity contribution is 8.00. The molecule has 0 aliphatic carbocycles. The molecule has 6 nitrogen and oxygen atoms in total. The zero-order valence-electron chi connectivity index (χ0n) is 20.5. The van der Waals surface area contributed by atoms with Crippen LogP contribution >= 0.6 is 72.3 Å². The first-order valence-electron chi connectivity index (χ1n) is 10.8. The third-order valence-corrected chi connectivity index (χ3v) is 8.86. The van der Waals surface area contributed by atoms with E-state index in [2.05, 4.69) is 5.32 Å². The predicted octanol–water partition coefficient (Wildman–Crippen LogP) is 10.1. The average molecular weight is 700 g/mol. The van der Waals surface area contributed by atoms with E-state index < -0.39 is 115 Å². The molecule has 220 valence electrons. The summed E-state index contributed by atoms with van der Waals surface area (Å²) in [5, 5.41) is 21.3. The van der Waals surface area contributed by atoms with Crippen LogP contribution in [0.15, 0.2) is 60.9 Å². The Labute approximate surface area is 262 Å². The van der Waals surface area contributed by atoms with Gasteiger partial charge in [0.25, 0.3) is 5.91 Å². The molecule has 0 aromatic heterocycles. The van der Waals surface area contributed by atoms with Crippen molar-refractivity contribution in [1.29, 1.82) is 10.5 Å². The van der Waals surface area contributed by atoms with Gasteiger partial charge < -0.3 is 14.8 Å². The van der Waals surface area contributed by atoms with Gasteiger partial charge in [0, 0.05) is 6.07 Å². The monoisotopic (exact) mass is 699 g/mol. The van der Waals surface area contributed by atoms with E-state index in [0.717, 1.165) is 12.1 Å². The van der Waals surface area contributed by atoms with Crippen LogP contribution in [0.5, 0.6) is 17.2 Å². The lowest BCUT2D eigenvalue weighted by Crippen LogP contribution is -2.49. The maximum atomic E-state index is 13.9. The van der Waals surface area contributed by atoms with Gasteiger partial charge in [-0.1, -0.05) is 11.6 Å². The Morgan fingerprint density at radius 2 is 1.43 bits per heavy atom. The highest BCUT2D eigenvalue weighted by Crippen LogP contribution is 2.52. The van der Waals surface area contributed by atoms with Gasteiger partial charge in [-0.2, -0.15) is 30.0 Å². The molecule has 1 amide bonds. The fourth-order valence-corrected chi connectivity index (χ4v) is 6.43. The maximum Gasteiger partial charge on any atom is 0.255 e. The zero-order chi connectivity index (χ0) is 31.0. The first-order valence-corrected chi connectivity index (χ1v) is 14.8. The van der Waals surface area contributed by atoms with E-state index in [1.807, 2.05) is 6.07 Å². The topological polar surface area (TPSA) is 95.1 Å². The molecule has 3 aromatic rings. The van der Waals surface area contributed by atoms with Crippen LogP contribution in [0.3, 0.4) is 0 Å². The van der Waals surface area contributed by atoms with E-state index >= 15 is 0 Å². The van der Waals surface area contributed by atoms with E-state index in [1.54, 1.807) is 6.07 Å². The SMILES string of the molecule is CC(C#N)(COc1cc(C#N)ccc1Oc1ccc(F)cc1Cl)NC(=O)c1c(SF)c(SF)c(SF)c(SF)c1SF. The van der Waals surface area contributed by atoms with E-state index in [1.165, 1.54) is 31.2 Å².